The molecule has 0 atom stereocenters. The predicted molar refractivity (Wildman–Crippen MR) is 50.4 cm³/mol. The fourth-order valence-corrected chi connectivity index (χ4v) is 4.76. The molecule has 1 aliphatic carbocycles. The van der Waals surface area contributed by atoms with E-state index in [0.29, 0.717) is 0 Å². The van der Waals surface area contributed by atoms with Crippen molar-refractivity contribution in [3.8, 4) is 0 Å². The van der Waals surface area contributed by atoms with Crippen molar-refractivity contribution in [1.29, 1.82) is 0 Å². The molecule has 1 heterocycles. The smallest absolute Gasteiger partial charge is 0.0565 e. The van der Waals surface area contributed by atoms with Crippen molar-refractivity contribution < 1.29 is 0 Å². The van der Waals surface area contributed by atoms with Crippen molar-refractivity contribution in [3.05, 3.63) is 5.92 Å². The summed E-state index contributed by atoms with van der Waals surface area (Å²) in [6.07, 6.45) is 5.80. The summed E-state index contributed by atoms with van der Waals surface area (Å²) in [5.41, 5.74) is 0. The van der Waals surface area contributed by atoms with Gasteiger partial charge in [0.1, 0.15) is 0 Å². The van der Waals surface area contributed by atoms with E-state index in [1.165, 1.54) is 37.2 Å². The van der Waals surface area contributed by atoms with Gasteiger partial charge in [-0.1, -0.05) is 12.8 Å². The topological polar surface area (TPSA) is 0 Å². The Morgan fingerprint density at radius 3 is 2.20 bits per heavy atom. The maximum atomic E-state index is 2.17. The first-order valence-electron chi connectivity index (χ1n) is 4.04. The number of hydrogen-bond acceptors (Lipinski definition) is 2. The number of hydrogen-bond donors (Lipinski definition) is 0. The van der Waals surface area contributed by atoms with Crippen LogP contribution in [-0.4, -0.2) is 16.1 Å². The minimum Gasteiger partial charge on any atom is -0.146 e. The second kappa shape index (κ2) is 3.40. The highest BCUT2D eigenvalue weighted by Gasteiger charge is 2.28. The lowest BCUT2D eigenvalue weighted by atomic mass is 10.1. The van der Waals surface area contributed by atoms with Crippen LogP contribution in [0.3, 0.4) is 0 Å². The third kappa shape index (κ3) is 1.48. The van der Waals surface area contributed by atoms with Gasteiger partial charge >= 0.3 is 0 Å². The highest BCUT2D eigenvalue weighted by atomic mass is 32.2. The summed E-state index contributed by atoms with van der Waals surface area (Å²) in [7, 11) is 0. The lowest BCUT2D eigenvalue weighted by Crippen LogP contribution is -2.03. The largest absolute Gasteiger partial charge is 0.146 e. The molecule has 0 amide bonds. The number of rotatable bonds is 1. The average molecular weight is 173 g/mol. The standard InChI is InChI=1S/C8H13S2/c1-2-4-7(3-1)8-9-5-6-10-8/h8H,1-6H2. The first-order chi connectivity index (χ1) is 4.97. The van der Waals surface area contributed by atoms with Gasteiger partial charge in [0.05, 0.1) is 4.58 Å². The van der Waals surface area contributed by atoms with Crippen LogP contribution in [0.2, 0.25) is 0 Å². The maximum Gasteiger partial charge on any atom is 0.0565 e. The minimum atomic E-state index is 0.905. The molecular weight excluding hydrogens is 160 g/mol. The summed E-state index contributed by atoms with van der Waals surface area (Å²) in [6, 6.07) is 0. The van der Waals surface area contributed by atoms with E-state index in [0.717, 1.165) is 4.58 Å². The quantitative estimate of drug-likeness (QED) is 0.598. The molecule has 2 rings (SSSR count). The third-order valence-electron chi connectivity index (χ3n) is 2.20. The molecule has 57 valence electrons. The molecule has 2 aliphatic rings. The Bertz CT molecular complexity index is 87.8. The van der Waals surface area contributed by atoms with Crippen LogP contribution in [0, 0.1) is 5.92 Å². The molecule has 0 N–H and O–H groups in total. The molecule has 0 nitrogen and oxygen atoms in total. The van der Waals surface area contributed by atoms with Crippen molar-refractivity contribution >= 4 is 23.5 Å². The molecule has 1 radical (unpaired) electrons. The van der Waals surface area contributed by atoms with Crippen LogP contribution in [0.25, 0.3) is 0 Å². The van der Waals surface area contributed by atoms with Crippen LogP contribution in [0.15, 0.2) is 0 Å². The lowest BCUT2D eigenvalue weighted by molar-refractivity contribution is 0.886. The van der Waals surface area contributed by atoms with Gasteiger partial charge < -0.3 is 0 Å². The maximum absolute atomic E-state index is 2.17. The van der Waals surface area contributed by atoms with Gasteiger partial charge in [0, 0.05) is 11.5 Å². The van der Waals surface area contributed by atoms with Crippen LogP contribution in [0.1, 0.15) is 25.7 Å². The van der Waals surface area contributed by atoms with Crippen molar-refractivity contribution in [1.82, 2.24) is 0 Å². The van der Waals surface area contributed by atoms with E-state index in [1.807, 2.05) is 5.92 Å². The first kappa shape index (κ1) is 7.35. The normalized spacial score (nSPS) is 30.0. The molecule has 1 saturated heterocycles. The summed E-state index contributed by atoms with van der Waals surface area (Å²) >= 11 is 4.33. The Morgan fingerprint density at radius 1 is 1.00 bits per heavy atom. The van der Waals surface area contributed by atoms with Gasteiger partial charge in [-0.25, -0.2) is 0 Å². The molecule has 0 spiro atoms. The van der Waals surface area contributed by atoms with Gasteiger partial charge in [0.15, 0.2) is 0 Å². The van der Waals surface area contributed by atoms with Crippen molar-refractivity contribution in [2.45, 2.75) is 30.3 Å². The third-order valence-corrected chi connectivity index (χ3v) is 5.43. The molecule has 2 heteroatoms. The predicted octanol–water partition coefficient (Wildman–Crippen LogP) is 2.94. The van der Waals surface area contributed by atoms with Crippen molar-refractivity contribution in [3.63, 3.8) is 0 Å². The van der Waals surface area contributed by atoms with Crippen molar-refractivity contribution in [2.24, 2.45) is 0 Å². The van der Waals surface area contributed by atoms with E-state index in [1.54, 1.807) is 0 Å². The Hall–Kier alpha value is 0.700. The summed E-state index contributed by atoms with van der Waals surface area (Å²) in [6.45, 7) is 0. The lowest BCUT2D eigenvalue weighted by Gasteiger charge is -2.14. The highest BCUT2D eigenvalue weighted by Crippen LogP contribution is 2.45. The first-order valence-corrected chi connectivity index (χ1v) is 6.14. The van der Waals surface area contributed by atoms with E-state index in [4.69, 9.17) is 0 Å². The van der Waals surface area contributed by atoms with Gasteiger partial charge in [-0.05, 0) is 18.8 Å². The molecule has 1 saturated carbocycles. The van der Waals surface area contributed by atoms with E-state index in [2.05, 4.69) is 23.5 Å². The fraction of sp³-hybridized carbons (Fsp3) is 0.875. The molecule has 0 aromatic rings. The van der Waals surface area contributed by atoms with Gasteiger partial charge in [-0.3, -0.25) is 0 Å². The van der Waals surface area contributed by atoms with Crippen LogP contribution in [-0.2, 0) is 0 Å². The molecule has 2 fully saturated rings. The number of thioether (sulfide) groups is 2. The van der Waals surface area contributed by atoms with Crippen LogP contribution in [0.5, 0.6) is 0 Å². The molecule has 0 bridgehead atoms. The van der Waals surface area contributed by atoms with Gasteiger partial charge in [0.2, 0.25) is 0 Å². The van der Waals surface area contributed by atoms with E-state index >= 15 is 0 Å². The molecular formula is C8H13S2. The van der Waals surface area contributed by atoms with Gasteiger partial charge in [-0.15, -0.1) is 23.5 Å². The van der Waals surface area contributed by atoms with Crippen LogP contribution < -0.4 is 0 Å². The van der Waals surface area contributed by atoms with Gasteiger partial charge in [0.25, 0.3) is 0 Å². The zero-order chi connectivity index (χ0) is 6.81. The second-order valence-corrected chi connectivity index (χ2v) is 5.66. The summed E-state index contributed by atoms with van der Waals surface area (Å²) in [5.74, 6) is 4.63. The zero-order valence-electron chi connectivity index (χ0n) is 6.14. The van der Waals surface area contributed by atoms with Crippen LogP contribution >= 0.6 is 23.5 Å². The average Bonchev–Trinajstić information content (AvgIpc) is 2.59. The molecule has 1 aliphatic heterocycles. The second-order valence-electron chi connectivity index (χ2n) is 2.94. The van der Waals surface area contributed by atoms with E-state index < -0.39 is 0 Å². The van der Waals surface area contributed by atoms with Crippen LogP contribution in [0.4, 0.5) is 0 Å². The SMILES string of the molecule is C1CC[C](C2SCCS2)C1. The monoisotopic (exact) mass is 173 g/mol. The molecule has 0 unspecified atom stereocenters. The summed E-state index contributed by atoms with van der Waals surface area (Å²) < 4.78 is 0.905. The Balaban J connectivity index is 1.85. The summed E-state index contributed by atoms with van der Waals surface area (Å²) in [5, 5.41) is 0. The molecule has 0 aromatic heterocycles. The fourth-order valence-electron chi connectivity index (χ4n) is 1.66. The summed E-state index contributed by atoms with van der Waals surface area (Å²) in [4.78, 5) is 0. The van der Waals surface area contributed by atoms with E-state index in [9.17, 15) is 0 Å². The Morgan fingerprint density at radius 2 is 1.60 bits per heavy atom. The highest BCUT2D eigenvalue weighted by molar-refractivity contribution is 8.20. The van der Waals surface area contributed by atoms with Gasteiger partial charge in [-0.2, -0.15) is 0 Å². The molecule has 10 heavy (non-hydrogen) atoms. The van der Waals surface area contributed by atoms with Crippen molar-refractivity contribution in [2.75, 3.05) is 11.5 Å². The Kier molecular flexibility index (Phi) is 2.50. The zero-order valence-corrected chi connectivity index (χ0v) is 7.77. The molecule has 0 aromatic carbocycles. The Labute approximate surface area is 71.5 Å². The minimum absolute atomic E-state index is 0.905. The van der Waals surface area contributed by atoms with E-state index in [-0.39, 0.29) is 0 Å².